The molecule has 8 heteroatoms. The third kappa shape index (κ3) is 4.60. The fourth-order valence-corrected chi connectivity index (χ4v) is 2.82. The summed E-state index contributed by atoms with van der Waals surface area (Å²) in [6, 6.07) is 17.4. The lowest BCUT2D eigenvalue weighted by molar-refractivity contribution is 0.0950. The molecule has 2 aromatic carbocycles. The van der Waals surface area contributed by atoms with Crippen molar-refractivity contribution in [2.45, 2.75) is 0 Å². The Kier molecular flexibility index (Phi) is 5.68. The standard InChI is InChI=1S/C19H14BrN3O3S/c20-12-7-5-11(6-8-12)15-9-10-16(26-15)18(25)23-19(27)22-14-4-2-1-3-13(14)17(21)24/h1-10H,(H2,21,24)(H2,22,23,25,27). The Morgan fingerprint density at radius 3 is 2.41 bits per heavy atom. The van der Waals surface area contributed by atoms with E-state index in [1.54, 1.807) is 36.4 Å². The highest BCUT2D eigenvalue weighted by molar-refractivity contribution is 9.10. The molecule has 0 saturated heterocycles. The number of rotatable bonds is 4. The van der Waals surface area contributed by atoms with Crippen LogP contribution < -0.4 is 16.4 Å². The number of amides is 2. The van der Waals surface area contributed by atoms with Crippen molar-refractivity contribution in [3.8, 4) is 11.3 Å². The first-order chi connectivity index (χ1) is 12.9. The van der Waals surface area contributed by atoms with E-state index < -0.39 is 11.8 Å². The van der Waals surface area contributed by atoms with E-state index in [0.717, 1.165) is 10.0 Å². The van der Waals surface area contributed by atoms with Crippen LogP contribution in [0.2, 0.25) is 0 Å². The van der Waals surface area contributed by atoms with Gasteiger partial charge in [-0.15, -0.1) is 0 Å². The minimum Gasteiger partial charge on any atom is -0.451 e. The van der Waals surface area contributed by atoms with Crippen molar-refractivity contribution >= 4 is 50.8 Å². The van der Waals surface area contributed by atoms with Crippen molar-refractivity contribution in [3.05, 3.63) is 76.5 Å². The molecule has 0 aliphatic heterocycles. The van der Waals surface area contributed by atoms with Gasteiger partial charge in [-0.25, -0.2) is 0 Å². The second kappa shape index (κ2) is 8.15. The van der Waals surface area contributed by atoms with Gasteiger partial charge in [0.25, 0.3) is 11.8 Å². The van der Waals surface area contributed by atoms with E-state index in [-0.39, 0.29) is 16.4 Å². The van der Waals surface area contributed by atoms with Gasteiger partial charge in [-0.1, -0.05) is 40.2 Å². The van der Waals surface area contributed by atoms with Gasteiger partial charge in [0.15, 0.2) is 10.9 Å². The number of halogens is 1. The molecule has 3 aromatic rings. The lowest BCUT2D eigenvalue weighted by atomic mass is 10.1. The molecule has 136 valence electrons. The van der Waals surface area contributed by atoms with E-state index in [2.05, 4.69) is 26.6 Å². The molecule has 27 heavy (non-hydrogen) atoms. The van der Waals surface area contributed by atoms with Crippen LogP contribution in [0, 0.1) is 0 Å². The lowest BCUT2D eigenvalue weighted by Crippen LogP contribution is -2.34. The summed E-state index contributed by atoms with van der Waals surface area (Å²) in [6.45, 7) is 0. The van der Waals surface area contributed by atoms with Crippen LogP contribution in [0.15, 0.2) is 69.6 Å². The Morgan fingerprint density at radius 1 is 1.00 bits per heavy atom. The minimum atomic E-state index is -0.600. The molecular weight excluding hydrogens is 430 g/mol. The highest BCUT2D eigenvalue weighted by Crippen LogP contribution is 2.24. The molecule has 0 aliphatic rings. The molecule has 0 aliphatic carbocycles. The topological polar surface area (TPSA) is 97.4 Å². The number of nitrogens with two attached hydrogens (primary N) is 1. The number of primary amides is 1. The van der Waals surface area contributed by atoms with E-state index in [0.29, 0.717) is 11.4 Å². The molecule has 0 fully saturated rings. The maximum absolute atomic E-state index is 12.3. The third-order valence-electron chi connectivity index (χ3n) is 3.63. The van der Waals surface area contributed by atoms with Crippen molar-refractivity contribution in [3.63, 3.8) is 0 Å². The van der Waals surface area contributed by atoms with Crippen LogP contribution in [0.5, 0.6) is 0 Å². The molecule has 0 unspecified atom stereocenters. The third-order valence-corrected chi connectivity index (χ3v) is 4.36. The molecule has 4 N–H and O–H groups in total. The fraction of sp³-hybridized carbons (Fsp3) is 0. The van der Waals surface area contributed by atoms with Gasteiger partial charge in [-0.2, -0.15) is 0 Å². The average Bonchev–Trinajstić information content (AvgIpc) is 3.13. The van der Waals surface area contributed by atoms with Gasteiger partial charge < -0.3 is 15.5 Å². The zero-order chi connectivity index (χ0) is 19.4. The fourth-order valence-electron chi connectivity index (χ4n) is 2.35. The predicted octanol–water partition coefficient (Wildman–Crippen LogP) is 3.93. The molecule has 0 bridgehead atoms. The van der Waals surface area contributed by atoms with Gasteiger partial charge in [0.2, 0.25) is 0 Å². The molecule has 1 aromatic heterocycles. The number of carbonyl (C=O) groups excluding carboxylic acids is 2. The molecular formula is C19H14BrN3O3S. The Morgan fingerprint density at radius 2 is 1.70 bits per heavy atom. The van der Waals surface area contributed by atoms with Crippen LogP contribution in [-0.4, -0.2) is 16.9 Å². The number of furan rings is 1. The van der Waals surface area contributed by atoms with Crippen molar-refractivity contribution < 1.29 is 14.0 Å². The maximum Gasteiger partial charge on any atom is 0.293 e. The predicted molar refractivity (Wildman–Crippen MR) is 110 cm³/mol. The molecule has 0 atom stereocenters. The first kappa shape index (κ1) is 18.8. The van der Waals surface area contributed by atoms with Crippen molar-refractivity contribution in [2.24, 2.45) is 5.73 Å². The van der Waals surface area contributed by atoms with E-state index in [1.165, 1.54) is 0 Å². The van der Waals surface area contributed by atoms with Crippen molar-refractivity contribution in [2.75, 3.05) is 5.32 Å². The van der Waals surface area contributed by atoms with Crippen LogP contribution in [0.25, 0.3) is 11.3 Å². The van der Waals surface area contributed by atoms with Crippen LogP contribution in [0.4, 0.5) is 5.69 Å². The van der Waals surface area contributed by atoms with E-state index in [1.807, 2.05) is 24.3 Å². The van der Waals surface area contributed by atoms with Crippen LogP contribution in [0.1, 0.15) is 20.9 Å². The number of para-hydroxylation sites is 1. The summed E-state index contributed by atoms with van der Waals surface area (Å²) in [5.41, 5.74) is 6.84. The Hall–Kier alpha value is -2.97. The number of anilines is 1. The smallest absolute Gasteiger partial charge is 0.293 e. The average molecular weight is 444 g/mol. The quantitative estimate of drug-likeness (QED) is 0.530. The van der Waals surface area contributed by atoms with Crippen LogP contribution in [0.3, 0.4) is 0 Å². The number of carbonyl (C=O) groups is 2. The molecule has 0 radical (unpaired) electrons. The molecule has 0 saturated carbocycles. The lowest BCUT2D eigenvalue weighted by Gasteiger charge is -2.11. The normalized spacial score (nSPS) is 10.3. The summed E-state index contributed by atoms with van der Waals surface area (Å²) in [5.74, 6) is -0.435. The summed E-state index contributed by atoms with van der Waals surface area (Å²) < 4.78 is 6.54. The number of hydrogen-bond donors (Lipinski definition) is 3. The highest BCUT2D eigenvalue weighted by Gasteiger charge is 2.15. The van der Waals surface area contributed by atoms with Gasteiger partial charge in [0, 0.05) is 10.0 Å². The molecule has 3 rings (SSSR count). The summed E-state index contributed by atoms with van der Waals surface area (Å²) in [5, 5.41) is 5.33. The van der Waals surface area contributed by atoms with E-state index in [9.17, 15) is 9.59 Å². The number of nitrogens with one attached hydrogen (secondary N) is 2. The summed E-state index contributed by atoms with van der Waals surface area (Å²) in [6.07, 6.45) is 0. The molecule has 1 heterocycles. The number of hydrogen-bond acceptors (Lipinski definition) is 4. The van der Waals surface area contributed by atoms with Crippen molar-refractivity contribution in [1.29, 1.82) is 0 Å². The first-order valence-corrected chi connectivity index (χ1v) is 9.01. The zero-order valence-corrected chi connectivity index (χ0v) is 16.3. The van der Waals surface area contributed by atoms with E-state index in [4.69, 9.17) is 22.4 Å². The second-order valence-electron chi connectivity index (χ2n) is 5.49. The van der Waals surface area contributed by atoms with Gasteiger partial charge >= 0.3 is 0 Å². The summed E-state index contributed by atoms with van der Waals surface area (Å²) in [4.78, 5) is 23.8. The molecule has 2 amide bonds. The van der Waals surface area contributed by atoms with Gasteiger partial charge in [0.1, 0.15) is 5.76 Å². The van der Waals surface area contributed by atoms with Crippen LogP contribution >= 0.6 is 28.1 Å². The molecule has 0 spiro atoms. The van der Waals surface area contributed by atoms with Gasteiger partial charge in [-0.3, -0.25) is 14.9 Å². The second-order valence-corrected chi connectivity index (χ2v) is 6.81. The summed E-state index contributed by atoms with van der Waals surface area (Å²) in [7, 11) is 0. The van der Waals surface area contributed by atoms with Crippen LogP contribution in [-0.2, 0) is 0 Å². The van der Waals surface area contributed by atoms with Gasteiger partial charge in [0.05, 0.1) is 11.3 Å². The number of benzene rings is 2. The maximum atomic E-state index is 12.3. The first-order valence-electron chi connectivity index (χ1n) is 7.81. The largest absolute Gasteiger partial charge is 0.451 e. The minimum absolute atomic E-state index is 0.0234. The van der Waals surface area contributed by atoms with Gasteiger partial charge in [-0.05, 0) is 48.6 Å². The highest BCUT2D eigenvalue weighted by atomic mass is 79.9. The Bertz CT molecular complexity index is 1020. The Balaban J connectivity index is 1.68. The number of thiocarbonyl (C=S) groups is 1. The van der Waals surface area contributed by atoms with E-state index >= 15 is 0 Å². The molecule has 6 nitrogen and oxygen atoms in total. The summed E-state index contributed by atoms with van der Waals surface area (Å²) >= 11 is 8.50. The monoisotopic (exact) mass is 443 g/mol. The Labute approximate surface area is 168 Å². The SMILES string of the molecule is NC(=O)c1ccccc1NC(=S)NC(=O)c1ccc(-c2ccc(Br)cc2)o1. The van der Waals surface area contributed by atoms with Crippen molar-refractivity contribution in [1.82, 2.24) is 5.32 Å². The zero-order valence-electron chi connectivity index (χ0n) is 13.9.